The first-order valence-electron chi connectivity index (χ1n) is 10.5. The number of fused-ring (bicyclic) bond motifs is 1. The number of nitrogens with zero attached hydrogens (tertiary/aromatic N) is 3. The number of benzene rings is 2. The molecule has 2 heterocycles. The first-order valence-corrected chi connectivity index (χ1v) is 12.0. The molecule has 2 aromatic carbocycles. The number of hydrogen-bond acceptors (Lipinski definition) is 5. The molecule has 1 saturated heterocycles. The second-order valence-electron chi connectivity index (χ2n) is 8.24. The minimum atomic E-state index is -3.90. The molecular formula is C22H24FN3O5S. The highest BCUT2D eigenvalue weighted by atomic mass is 32.2. The monoisotopic (exact) mass is 461 g/mol. The number of aryl methyl sites for hydroxylation is 1. The molecule has 10 heteroatoms. The summed E-state index contributed by atoms with van der Waals surface area (Å²) in [6.45, 7) is 2.61. The number of amides is 1. The van der Waals surface area contributed by atoms with Crippen molar-refractivity contribution in [2.75, 3.05) is 24.5 Å². The van der Waals surface area contributed by atoms with Gasteiger partial charge in [-0.3, -0.25) is 14.9 Å². The highest BCUT2D eigenvalue weighted by Crippen LogP contribution is 2.35. The molecule has 1 unspecified atom stereocenters. The molecule has 1 atom stereocenters. The van der Waals surface area contributed by atoms with Gasteiger partial charge in [-0.25, -0.2) is 12.8 Å². The van der Waals surface area contributed by atoms with Gasteiger partial charge < -0.3 is 4.90 Å². The zero-order valence-corrected chi connectivity index (χ0v) is 18.5. The van der Waals surface area contributed by atoms with Gasteiger partial charge in [-0.2, -0.15) is 4.31 Å². The van der Waals surface area contributed by atoms with Crippen LogP contribution in [-0.2, 0) is 21.2 Å². The summed E-state index contributed by atoms with van der Waals surface area (Å²) in [5.74, 6) is -1.05. The molecular weight excluding hydrogens is 437 g/mol. The Labute approximate surface area is 185 Å². The van der Waals surface area contributed by atoms with E-state index in [2.05, 4.69) is 0 Å². The van der Waals surface area contributed by atoms with Crippen molar-refractivity contribution < 1.29 is 22.5 Å². The standard InChI is InChI=1S/C22H24FN3O5S/c1-15-6-11-20(23)19-5-3-13-25(21(15)19)22(27)16-4-2-12-24(14-16)32(30,31)18-9-7-17(8-10-18)26(28)29/h6-11,16H,2-5,12-14H2,1H3. The number of halogens is 1. The van der Waals surface area contributed by atoms with E-state index in [-0.39, 0.29) is 35.4 Å². The topological polar surface area (TPSA) is 101 Å². The van der Waals surface area contributed by atoms with Crippen LogP contribution in [-0.4, -0.2) is 43.2 Å². The molecule has 2 aromatic rings. The lowest BCUT2D eigenvalue weighted by Gasteiger charge is -2.37. The van der Waals surface area contributed by atoms with Crippen molar-refractivity contribution in [1.82, 2.24) is 4.31 Å². The summed E-state index contributed by atoms with van der Waals surface area (Å²) in [5.41, 5.74) is 1.77. The highest BCUT2D eigenvalue weighted by molar-refractivity contribution is 7.89. The highest BCUT2D eigenvalue weighted by Gasteiger charge is 2.37. The van der Waals surface area contributed by atoms with Gasteiger partial charge in [0.25, 0.3) is 5.69 Å². The molecule has 0 N–H and O–H groups in total. The number of carbonyl (C=O) groups is 1. The van der Waals surface area contributed by atoms with E-state index in [0.29, 0.717) is 43.5 Å². The SMILES string of the molecule is Cc1ccc(F)c2c1N(C(=O)C1CCCN(S(=O)(=O)c3ccc([N+](=O)[O-])cc3)C1)CCC2. The molecule has 0 aromatic heterocycles. The Balaban J connectivity index is 1.57. The molecule has 32 heavy (non-hydrogen) atoms. The summed E-state index contributed by atoms with van der Waals surface area (Å²) in [6.07, 6.45) is 2.28. The number of sulfonamides is 1. The van der Waals surface area contributed by atoms with E-state index in [9.17, 15) is 27.7 Å². The van der Waals surface area contributed by atoms with Crippen molar-refractivity contribution in [2.24, 2.45) is 5.92 Å². The number of carbonyl (C=O) groups excluding carboxylic acids is 1. The van der Waals surface area contributed by atoms with E-state index >= 15 is 0 Å². The number of nitro groups is 1. The van der Waals surface area contributed by atoms with Crippen molar-refractivity contribution in [2.45, 2.75) is 37.5 Å². The maximum absolute atomic E-state index is 14.3. The van der Waals surface area contributed by atoms with Gasteiger partial charge in [0.2, 0.25) is 15.9 Å². The number of piperidine rings is 1. The Morgan fingerprint density at radius 3 is 2.53 bits per heavy atom. The third-order valence-electron chi connectivity index (χ3n) is 6.19. The Bertz CT molecular complexity index is 1170. The van der Waals surface area contributed by atoms with Crippen molar-refractivity contribution in [3.63, 3.8) is 0 Å². The number of anilines is 1. The first-order chi connectivity index (χ1) is 15.2. The molecule has 170 valence electrons. The van der Waals surface area contributed by atoms with Crippen molar-refractivity contribution in [3.05, 3.63) is 63.5 Å². The fraction of sp³-hybridized carbons (Fsp3) is 0.409. The Kier molecular flexibility index (Phi) is 6.00. The van der Waals surface area contributed by atoms with Crippen molar-refractivity contribution in [3.8, 4) is 0 Å². The predicted molar refractivity (Wildman–Crippen MR) is 116 cm³/mol. The molecule has 0 bridgehead atoms. The fourth-order valence-electron chi connectivity index (χ4n) is 4.56. The smallest absolute Gasteiger partial charge is 0.269 e. The van der Waals surface area contributed by atoms with Crippen LogP contribution in [0.2, 0.25) is 0 Å². The van der Waals surface area contributed by atoms with Crippen LogP contribution in [0.15, 0.2) is 41.3 Å². The second kappa shape index (κ2) is 8.59. The lowest BCUT2D eigenvalue weighted by molar-refractivity contribution is -0.384. The molecule has 8 nitrogen and oxygen atoms in total. The maximum Gasteiger partial charge on any atom is 0.269 e. The summed E-state index contributed by atoms with van der Waals surface area (Å²) in [6, 6.07) is 7.81. The molecule has 0 saturated carbocycles. The average Bonchev–Trinajstić information content (AvgIpc) is 2.81. The van der Waals surface area contributed by atoms with Gasteiger partial charge in [-0.1, -0.05) is 6.07 Å². The molecule has 2 aliphatic rings. The van der Waals surface area contributed by atoms with E-state index in [1.807, 2.05) is 6.92 Å². The molecule has 0 aliphatic carbocycles. The van der Waals surface area contributed by atoms with Gasteiger partial charge in [0.1, 0.15) is 5.82 Å². The fourth-order valence-corrected chi connectivity index (χ4v) is 6.08. The minimum Gasteiger partial charge on any atom is -0.311 e. The third-order valence-corrected chi connectivity index (χ3v) is 8.07. The maximum atomic E-state index is 14.3. The number of nitro benzene ring substituents is 1. The molecule has 0 radical (unpaired) electrons. The molecule has 1 amide bonds. The zero-order valence-electron chi connectivity index (χ0n) is 17.7. The zero-order chi connectivity index (χ0) is 23.0. The number of rotatable bonds is 4. The summed E-state index contributed by atoms with van der Waals surface area (Å²) >= 11 is 0. The van der Waals surface area contributed by atoms with E-state index in [1.54, 1.807) is 11.0 Å². The average molecular weight is 462 g/mol. The predicted octanol–water partition coefficient (Wildman–Crippen LogP) is 3.42. The summed E-state index contributed by atoms with van der Waals surface area (Å²) in [5, 5.41) is 10.8. The van der Waals surface area contributed by atoms with Crippen LogP contribution < -0.4 is 4.90 Å². The number of hydrogen-bond donors (Lipinski definition) is 0. The van der Waals surface area contributed by atoms with Crippen LogP contribution in [0.1, 0.15) is 30.4 Å². The first kappa shape index (κ1) is 22.3. The van der Waals surface area contributed by atoms with Gasteiger partial charge in [0.05, 0.1) is 21.4 Å². The third kappa shape index (κ3) is 4.00. The lowest BCUT2D eigenvalue weighted by atomic mass is 9.93. The molecule has 1 fully saturated rings. The van der Waals surface area contributed by atoms with Crippen LogP contribution in [0, 0.1) is 28.8 Å². The second-order valence-corrected chi connectivity index (χ2v) is 10.2. The van der Waals surface area contributed by atoms with Crippen LogP contribution in [0.4, 0.5) is 15.8 Å². The Hall–Kier alpha value is -2.85. The van der Waals surface area contributed by atoms with Crippen LogP contribution in [0.5, 0.6) is 0 Å². The van der Waals surface area contributed by atoms with Gasteiger partial charge >= 0.3 is 0 Å². The van der Waals surface area contributed by atoms with Gasteiger partial charge in [-0.05, 0) is 56.4 Å². The molecule has 0 spiro atoms. The van der Waals surface area contributed by atoms with E-state index in [4.69, 9.17) is 0 Å². The van der Waals surface area contributed by atoms with Crippen LogP contribution in [0.25, 0.3) is 0 Å². The van der Waals surface area contributed by atoms with Gasteiger partial charge in [0.15, 0.2) is 0 Å². The normalized spacial score (nSPS) is 19.4. The lowest BCUT2D eigenvalue weighted by Crippen LogP contribution is -2.48. The molecule has 4 rings (SSSR count). The summed E-state index contributed by atoms with van der Waals surface area (Å²) in [7, 11) is -3.90. The Morgan fingerprint density at radius 1 is 1.12 bits per heavy atom. The quantitative estimate of drug-likeness (QED) is 0.513. The van der Waals surface area contributed by atoms with E-state index in [1.165, 1.54) is 22.5 Å². The number of non-ortho nitro benzene ring substituents is 1. The van der Waals surface area contributed by atoms with Gasteiger partial charge in [0, 0.05) is 37.3 Å². The van der Waals surface area contributed by atoms with Gasteiger partial charge in [-0.15, -0.1) is 0 Å². The summed E-state index contributed by atoms with van der Waals surface area (Å²) in [4.78, 5) is 25.2. The van der Waals surface area contributed by atoms with Crippen molar-refractivity contribution in [1.29, 1.82) is 0 Å². The van der Waals surface area contributed by atoms with E-state index in [0.717, 1.165) is 17.7 Å². The largest absolute Gasteiger partial charge is 0.311 e. The van der Waals surface area contributed by atoms with Crippen LogP contribution in [0.3, 0.4) is 0 Å². The summed E-state index contributed by atoms with van der Waals surface area (Å²) < 4.78 is 41.8. The minimum absolute atomic E-state index is 0.0261. The van der Waals surface area contributed by atoms with E-state index < -0.39 is 20.9 Å². The van der Waals surface area contributed by atoms with Crippen molar-refractivity contribution >= 4 is 27.3 Å². The Morgan fingerprint density at radius 2 is 1.84 bits per heavy atom. The van der Waals surface area contributed by atoms with Crippen LogP contribution >= 0.6 is 0 Å². The molecule has 2 aliphatic heterocycles.